The molecular weight excluding hydrogens is 338 g/mol. The zero-order valence-electron chi connectivity index (χ0n) is 16.9. The predicted molar refractivity (Wildman–Crippen MR) is 108 cm³/mol. The van der Waals surface area contributed by atoms with Crippen molar-refractivity contribution < 1.29 is 18.1 Å². The van der Waals surface area contributed by atoms with Crippen molar-refractivity contribution in [1.82, 2.24) is 4.90 Å². The Bertz CT molecular complexity index is 343. The predicted octanol–water partition coefficient (Wildman–Crippen LogP) is 4.51. The minimum absolute atomic E-state index is 0.0961. The first-order valence-electron chi connectivity index (χ1n) is 10.2. The van der Waals surface area contributed by atoms with E-state index in [1.54, 1.807) is 0 Å². The zero-order chi connectivity index (χ0) is 19.4. The van der Waals surface area contributed by atoms with Gasteiger partial charge in [-0.25, -0.2) is 0 Å². The molecule has 5 nitrogen and oxygen atoms in total. The van der Waals surface area contributed by atoms with Crippen LogP contribution in [0.1, 0.15) is 91.4 Å². The molecule has 0 aromatic carbocycles. The van der Waals surface area contributed by atoms with Crippen LogP contribution in [-0.4, -0.2) is 55.0 Å². The van der Waals surface area contributed by atoms with Crippen molar-refractivity contribution in [1.29, 1.82) is 0 Å². The van der Waals surface area contributed by atoms with Crippen LogP contribution < -0.4 is 0 Å². The van der Waals surface area contributed by atoms with E-state index >= 15 is 0 Å². The molecule has 0 spiro atoms. The smallest absolute Gasteiger partial charge is 0.264 e. The van der Waals surface area contributed by atoms with Crippen molar-refractivity contribution in [3.8, 4) is 0 Å². The number of hydrogen-bond acceptors (Lipinski definition) is 4. The van der Waals surface area contributed by atoms with Gasteiger partial charge < -0.3 is 10.0 Å². The number of aliphatic hydroxyl groups excluding tert-OH is 1. The van der Waals surface area contributed by atoms with E-state index in [1.165, 1.54) is 83.8 Å². The Morgan fingerprint density at radius 1 is 0.720 bits per heavy atom. The van der Waals surface area contributed by atoms with Crippen LogP contribution in [0.25, 0.3) is 0 Å². The fraction of sp³-hybridized carbons (Fsp3) is 1.00. The summed E-state index contributed by atoms with van der Waals surface area (Å²) in [5, 5.41) is 8.05. The molecule has 0 aliphatic heterocycles. The topological polar surface area (TPSA) is 77.8 Å². The van der Waals surface area contributed by atoms with Crippen molar-refractivity contribution in [2.24, 2.45) is 0 Å². The van der Waals surface area contributed by atoms with Crippen LogP contribution in [0.5, 0.6) is 0 Å². The lowest BCUT2D eigenvalue weighted by Gasteiger charge is -2.17. The molecule has 0 saturated carbocycles. The average molecular weight is 382 g/mol. The van der Waals surface area contributed by atoms with E-state index in [0.717, 1.165) is 0 Å². The van der Waals surface area contributed by atoms with Crippen molar-refractivity contribution in [2.75, 3.05) is 32.0 Å². The highest BCUT2D eigenvalue weighted by atomic mass is 32.2. The van der Waals surface area contributed by atoms with Gasteiger partial charge >= 0.3 is 0 Å². The summed E-state index contributed by atoms with van der Waals surface area (Å²) in [5.41, 5.74) is 0. The number of hydrogen-bond donors (Lipinski definition) is 2. The lowest BCUT2D eigenvalue weighted by atomic mass is 10.1. The largest absolute Gasteiger partial charge is 0.396 e. The molecule has 6 heteroatoms. The Kier molecular flexibility index (Phi) is 21.8. The molecule has 0 amide bonds. The van der Waals surface area contributed by atoms with E-state index in [1.807, 2.05) is 0 Å². The van der Waals surface area contributed by atoms with Crippen LogP contribution in [-0.2, 0) is 10.1 Å². The molecule has 0 atom stereocenters. The summed E-state index contributed by atoms with van der Waals surface area (Å²) < 4.78 is 27.7. The first-order valence-corrected chi connectivity index (χ1v) is 11.8. The molecule has 0 saturated heterocycles. The van der Waals surface area contributed by atoms with Gasteiger partial charge in [0.15, 0.2) is 0 Å². The summed E-state index contributed by atoms with van der Waals surface area (Å²) in [6, 6.07) is 0. The van der Waals surface area contributed by atoms with Crippen LogP contribution in [0.3, 0.4) is 0 Å². The number of aliphatic hydroxyl groups is 1. The van der Waals surface area contributed by atoms with Crippen LogP contribution in [0.15, 0.2) is 0 Å². The van der Waals surface area contributed by atoms with Gasteiger partial charge in [-0.05, 0) is 32.5 Å². The standard InChI is InChI=1S/C16H35N.C3H8O4S/c1-4-7-8-9-10-11-12-13-14-15-16-17(5-2)6-3;4-2-1-3-8(5,6)7/h4-16H2,1-3H3;4H,1-3H2,(H,5,6,7). The molecule has 154 valence electrons. The van der Waals surface area contributed by atoms with Gasteiger partial charge in [-0.2, -0.15) is 8.42 Å². The minimum Gasteiger partial charge on any atom is -0.396 e. The molecule has 0 aromatic heterocycles. The van der Waals surface area contributed by atoms with Gasteiger partial charge in [0.1, 0.15) is 0 Å². The number of rotatable bonds is 16. The van der Waals surface area contributed by atoms with Crippen molar-refractivity contribution in [2.45, 2.75) is 91.4 Å². The Morgan fingerprint density at radius 3 is 1.48 bits per heavy atom. The molecule has 0 aliphatic rings. The Balaban J connectivity index is 0. The molecule has 0 rings (SSSR count). The highest BCUT2D eigenvalue weighted by Gasteiger charge is 2.01. The third kappa shape index (κ3) is 26.2. The van der Waals surface area contributed by atoms with Crippen LogP contribution in [0, 0.1) is 0 Å². The van der Waals surface area contributed by atoms with Gasteiger partial charge in [0.05, 0.1) is 5.75 Å². The van der Waals surface area contributed by atoms with Crippen molar-refractivity contribution >= 4 is 10.1 Å². The normalized spacial score (nSPS) is 11.4. The van der Waals surface area contributed by atoms with E-state index < -0.39 is 10.1 Å². The number of nitrogens with zero attached hydrogens (tertiary/aromatic N) is 1. The lowest BCUT2D eigenvalue weighted by molar-refractivity contribution is 0.294. The summed E-state index contributed by atoms with van der Waals surface area (Å²) in [6.45, 7) is 10.3. The van der Waals surface area contributed by atoms with Gasteiger partial charge in [0.2, 0.25) is 0 Å². The second-order valence-corrected chi connectivity index (χ2v) is 8.14. The third-order valence-electron chi connectivity index (χ3n) is 4.28. The molecule has 0 fully saturated rings. The molecule has 0 radical (unpaired) electrons. The second-order valence-electron chi connectivity index (χ2n) is 6.57. The van der Waals surface area contributed by atoms with Gasteiger partial charge in [-0.15, -0.1) is 0 Å². The maximum atomic E-state index is 9.83. The van der Waals surface area contributed by atoms with Gasteiger partial charge in [0, 0.05) is 6.61 Å². The van der Waals surface area contributed by atoms with Gasteiger partial charge in [-0.1, -0.05) is 78.6 Å². The second kappa shape index (κ2) is 20.1. The van der Waals surface area contributed by atoms with E-state index in [2.05, 4.69) is 25.7 Å². The monoisotopic (exact) mass is 381 g/mol. The minimum atomic E-state index is -3.85. The molecule has 0 bridgehead atoms. The third-order valence-corrected chi connectivity index (χ3v) is 5.09. The Hall–Kier alpha value is -0.170. The zero-order valence-corrected chi connectivity index (χ0v) is 17.7. The molecule has 2 N–H and O–H groups in total. The van der Waals surface area contributed by atoms with E-state index in [9.17, 15) is 8.42 Å². The molecule has 0 aromatic rings. The van der Waals surface area contributed by atoms with Crippen LogP contribution >= 0.6 is 0 Å². The van der Waals surface area contributed by atoms with Crippen molar-refractivity contribution in [3.63, 3.8) is 0 Å². The highest BCUT2D eigenvalue weighted by molar-refractivity contribution is 7.85. The molecule has 0 heterocycles. The van der Waals surface area contributed by atoms with Crippen LogP contribution in [0.2, 0.25) is 0 Å². The number of unbranched alkanes of at least 4 members (excludes halogenated alkanes) is 9. The summed E-state index contributed by atoms with van der Waals surface area (Å²) >= 11 is 0. The van der Waals surface area contributed by atoms with Crippen molar-refractivity contribution in [3.05, 3.63) is 0 Å². The molecule has 0 unspecified atom stereocenters. The quantitative estimate of drug-likeness (QED) is 0.304. The Morgan fingerprint density at radius 2 is 1.16 bits per heavy atom. The first-order chi connectivity index (χ1) is 11.9. The maximum absolute atomic E-state index is 9.83. The summed E-state index contributed by atoms with van der Waals surface area (Å²) in [4.78, 5) is 2.53. The summed E-state index contributed by atoms with van der Waals surface area (Å²) in [7, 11) is -3.85. The first kappa shape index (κ1) is 27.1. The van der Waals surface area contributed by atoms with E-state index in [4.69, 9.17) is 9.66 Å². The average Bonchev–Trinajstić information content (AvgIpc) is 2.58. The fourth-order valence-electron chi connectivity index (χ4n) is 2.61. The lowest BCUT2D eigenvalue weighted by Crippen LogP contribution is -2.23. The van der Waals surface area contributed by atoms with Crippen LogP contribution in [0.4, 0.5) is 0 Å². The summed E-state index contributed by atoms with van der Waals surface area (Å²) in [5.74, 6) is -0.358. The molecular formula is C19H43NO4S. The molecule has 0 aliphatic carbocycles. The SMILES string of the molecule is CCCCCCCCCCCCN(CC)CC.O=S(=O)(O)CCCO. The summed E-state index contributed by atoms with van der Waals surface area (Å²) in [6.07, 6.45) is 14.5. The highest BCUT2D eigenvalue weighted by Crippen LogP contribution is 2.10. The van der Waals surface area contributed by atoms with E-state index in [0.29, 0.717) is 0 Å². The molecule has 25 heavy (non-hydrogen) atoms. The fourth-order valence-corrected chi connectivity index (χ4v) is 3.10. The van der Waals surface area contributed by atoms with Gasteiger partial charge in [0.25, 0.3) is 10.1 Å². The van der Waals surface area contributed by atoms with E-state index in [-0.39, 0.29) is 18.8 Å². The maximum Gasteiger partial charge on any atom is 0.264 e. The van der Waals surface area contributed by atoms with Gasteiger partial charge in [-0.3, -0.25) is 4.55 Å². The Labute approximate surface area is 156 Å².